The summed E-state index contributed by atoms with van der Waals surface area (Å²) in [5.74, 6) is 3.75. The summed E-state index contributed by atoms with van der Waals surface area (Å²) in [7, 11) is 0. The molecule has 10 heavy (non-hydrogen) atoms. The Hall–Kier alpha value is -0.0400. The van der Waals surface area contributed by atoms with Crippen LogP contribution >= 0.6 is 0 Å². The molecule has 2 bridgehead atoms. The summed E-state index contributed by atoms with van der Waals surface area (Å²) < 4.78 is 0. The van der Waals surface area contributed by atoms with E-state index in [0.717, 1.165) is 24.2 Å². The first-order valence-corrected chi connectivity index (χ1v) is 4.54. The fraction of sp³-hybridized carbons (Fsp3) is 1.00. The number of aliphatic hydroxyl groups is 1. The van der Waals surface area contributed by atoms with Crippen LogP contribution < -0.4 is 0 Å². The number of aliphatic hydroxyl groups excluding tert-OH is 1. The van der Waals surface area contributed by atoms with Gasteiger partial charge in [-0.25, -0.2) is 0 Å². The highest BCUT2D eigenvalue weighted by molar-refractivity contribution is 5.06. The van der Waals surface area contributed by atoms with Crippen LogP contribution in [0.15, 0.2) is 0 Å². The summed E-state index contributed by atoms with van der Waals surface area (Å²) in [6.45, 7) is 0. The molecule has 0 aromatic rings. The monoisotopic (exact) mass is 138 g/mol. The zero-order valence-corrected chi connectivity index (χ0v) is 6.16. The molecule has 0 saturated heterocycles. The van der Waals surface area contributed by atoms with Crippen molar-refractivity contribution in [3.63, 3.8) is 0 Å². The Balaban J connectivity index is 1.90. The predicted octanol–water partition coefficient (Wildman–Crippen LogP) is 1.41. The first-order valence-electron chi connectivity index (χ1n) is 4.54. The lowest BCUT2D eigenvalue weighted by Gasteiger charge is -2.27. The molecule has 3 saturated carbocycles. The minimum atomic E-state index is 0.0775. The standard InChI is InChI=1S/C9H14O/c10-9-4-8-6-2-1-5(9)3-7(6)8/h5-10H,1-4H2/t5-,6+,7-,8+,9+/m0/s1. The molecular formula is C9H14O. The Morgan fingerprint density at radius 3 is 2.60 bits per heavy atom. The van der Waals surface area contributed by atoms with Crippen molar-refractivity contribution >= 4 is 0 Å². The quantitative estimate of drug-likeness (QED) is 0.536. The highest BCUT2D eigenvalue weighted by Gasteiger charge is 2.57. The average molecular weight is 138 g/mol. The number of hydrogen-bond acceptors (Lipinski definition) is 1. The Morgan fingerprint density at radius 2 is 1.70 bits per heavy atom. The fourth-order valence-corrected chi connectivity index (χ4v) is 3.35. The van der Waals surface area contributed by atoms with Crippen molar-refractivity contribution in [2.24, 2.45) is 23.7 Å². The van der Waals surface area contributed by atoms with E-state index in [9.17, 15) is 5.11 Å². The van der Waals surface area contributed by atoms with E-state index in [1.165, 1.54) is 19.3 Å². The van der Waals surface area contributed by atoms with Gasteiger partial charge in [0.15, 0.2) is 0 Å². The van der Waals surface area contributed by atoms with Crippen LogP contribution in [-0.2, 0) is 0 Å². The van der Waals surface area contributed by atoms with Gasteiger partial charge in [0.1, 0.15) is 0 Å². The van der Waals surface area contributed by atoms with Gasteiger partial charge in [0.25, 0.3) is 0 Å². The van der Waals surface area contributed by atoms with Crippen LogP contribution in [0.2, 0.25) is 0 Å². The third-order valence-electron chi connectivity index (χ3n) is 4.01. The molecule has 0 spiro atoms. The Bertz CT molecular complexity index is 162. The van der Waals surface area contributed by atoms with Crippen LogP contribution in [0.5, 0.6) is 0 Å². The van der Waals surface area contributed by atoms with Gasteiger partial charge in [0, 0.05) is 0 Å². The number of hydrogen-bond donors (Lipinski definition) is 1. The lowest BCUT2D eigenvalue weighted by Crippen LogP contribution is -2.25. The van der Waals surface area contributed by atoms with Gasteiger partial charge in [-0.2, -0.15) is 0 Å². The van der Waals surface area contributed by atoms with Crippen molar-refractivity contribution in [2.45, 2.75) is 31.8 Å². The van der Waals surface area contributed by atoms with Gasteiger partial charge in [-0.3, -0.25) is 0 Å². The molecule has 1 N–H and O–H groups in total. The molecule has 0 heterocycles. The van der Waals surface area contributed by atoms with Gasteiger partial charge in [-0.1, -0.05) is 0 Å². The van der Waals surface area contributed by atoms with Crippen LogP contribution in [0.1, 0.15) is 25.7 Å². The Labute approximate surface area is 61.4 Å². The molecule has 5 atom stereocenters. The lowest BCUT2D eigenvalue weighted by molar-refractivity contribution is 0.0603. The maximum Gasteiger partial charge on any atom is 0.0571 e. The van der Waals surface area contributed by atoms with Crippen molar-refractivity contribution < 1.29 is 5.11 Å². The van der Waals surface area contributed by atoms with Crippen LogP contribution in [0, 0.1) is 23.7 Å². The molecule has 1 nitrogen and oxygen atoms in total. The molecule has 0 aromatic carbocycles. The summed E-state index contributed by atoms with van der Waals surface area (Å²) in [5.41, 5.74) is 0. The van der Waals surface area contributed by atoms with Gasteiger partial charge in [0.2, 0.25) is 0 Å². The normalized spacial score (nSPS) is 63.9. The van der Waals surface area contributed by atoms with E-state index in [1.54, 1.807) is 0 Å². The SMILES string of the molecule is O[C@@H]1C[C@@H]2[C@@H]3CC[C@H]1C[C@@H]32. The summed E-state index contributed by atoms with van der Waals surface area (Å²) in [6.07, 6.45) is 5.32. The highest BCUT2D eigenvalue weighted by Crippen LogP contribution is 2.63. The molecule has 3 rings (SSSR count). The minimum absolute atomic E-state index is 0.0775. The van der Waals surface area contributed by atoms with Gasteiger partial charge >= 0.3 is 0 Å². The third-order valence-corrected chi connectivity index (χ3v) is 4.01. The lowest BCUT2D eigenvalue weighted by atomic mass is 9.82. The second kappa shape index (κ2) is 1.58. The van der Waals surface area contributed by atoms with Crippen molar-refractivity contribution in [1.82, 2.24) is 0 Å². The largest absolute Gasteiger partial charge is 0.393 e. The Kier molecular flexibility index (Phi) is 0.883. The maximum atomic E-state index is 9.59. The van der Waals surface area contributed by atoms with E-state index in [1.807, 2.05) is 0 Å². The van der Waals surface area contributed by atoms with E-state index in [4.69, 9.17) is 0 Å². The zero-order valence-electron chi connectivity index (χ0n) is 6.16. The zero-order chi connectivity index (χ0) is 6.72. The molecule has 3 fully saturated rings. The number of fused-ring (bicyclic) bond motifs is 2. The Morgan fingerprint density at radius 1 is 0.900 bits per heavy atom. The van der Waals surface area contributed by atoms with E-state index in [2.05, 4.69) is 0 Å². The van der Waals surface area contributed by atoms with Gasteiger partial charge < -0.3 is 5.11 Å². The topological polar surface area (TPSA) is 20.2 Å². The van der Waals surface area contributed by atoms with Crippen LogP contribution in [0.25, 0.3) is 0 Å². The van der Waals surface area contributed by atoms with Crippen LogP contribution in [0.3, 0.4) is 0 Å². The van der Waals surface area contributed by atoms with E-state index < -0.39 is 0 Å². The predicted molar refractivity (Wildman–Crippen MR) is 38.4 cm³/mol. The smallest absolute Gasteiger partial charge is 0.0571 e. The molecule has 3 aliphatic carbocycles. The fourth-order valence-electron chi connectivity index (χ4n) is 3.35. The van der Waals surface area contributed by atoms with E-state index in [-0.39, 0.29) is 6.10 Å². The summed E-state index contributed by atoms with van der Waals surface area (Å²) in [4.78, 5) is 0. The van der Waals surface area contributed by atoms with E-state index in [0.29, 0.717) is 5.92 Å². The van der Waals surface area contributed by atoms with Crippen molar-refractivity contribution in [3.8, 4) is 0 Å². The molecule has 1 heteroatoms. The average Bonchev–Trinajstić information content (AvgIpc) is 2.65. The first kappa shape index (κ1) is 5.59. The molecule has 0 unspecified atom stereocenters. The minimum Gasteiger partial charge on any atom is -0.393 e. The summed E-state index contributed by atoms with van der Waals surface area (Å²) in [6, 6.07) is 0. The van der Waals surface area contributed by atoms with Crippen LogP contribution in [-0.4, -0.2) is 11.2 Å². The molecule has 56 valence electrons. The molecular weight excluding hydrogens is 124 g/mol. The van der Waals surface area contributed by atoms with Crippen molar-refractivity contribution in [1.29, 1.82) is 0 Å². The van der Waals surface area contributed by atoms with Crippen molar-refractivity contribution in [3.05, 3.63) is 0 Å². The van der Waals surface area contributed by atoms with Crippen molar-refractivity contribution in [2.75, 3.05) is 0 Å². The molecule has 0 amide bonds. The first-order chi connectivity index (χ1) is 4.86. The molecule has 0 aliphatic heterocycles. The van der Waals surface area contributed by atoms with Gasteiger partial charge in [-0.15, -0.1) is 0 Å². The van der Waals surface area contributed by atoms with Gasteiger partial charge in [-0.05, 0) is 49.4 Å². The van der Waals surface area contributed by atoms with Crippen LogP contribution in [0.4, 0.5) is 0 Å². The summed E-state index contributed by atoms with van der Waals surface area (Å²) >= 11 is 0. The molecule has 3 aliphatic rings. The highest BCUT2D eigenvalue weighted by atomic mass is 16.3. The third kappa shape index (κ3) is 0.531. The summed E-state index contributed by atoms with van der Waals surface area (Å²) in [5, 5.41) is 9.59. The van der Waals surface area contributed by atoms with E-state index >= 15 is 0 Å². The molecule has 0 radical (unpaired) electrons. The number of rotatable bonds is 0. The second-order valence-corrected chi connectivity index (χ2v) is 4.37. The maximum absolute atomic E-state index is 9.59. The molecule has 0 aromatic heterocycles. The second-order valence-electron chi connectivity index (χ2n) is 4.37. The van der Waals surface area contributed by atoms with Gasteiger partial charge in [0.05, 0.1) is 6.10 Å².